The van der Waals surface area contributed by atoms with Gasteiger partial charge in [-0.05, 0) is 55.4 Å². The van der Waals surface area contributed by atoms with Crippen LogP contribution in [0.3, 0.4) is 0 Å². The molecule has 2 fully saturated rings. The number of nitrogens with one attached hydrogen (secondary N) is 1. The van der Waals surface area contributed by atoms with Crippen LogP contribution >= 0.6 is 0 Å². The van der Waals surface area contributed by atoms with Crippen LogP contribution in [0.4, 0.5) is 5.69 Å². The normalized spacial score (nSPS) is 19.5. The third-order valence-electron chi connectivity index (χ3n) is 3.25. The molecule has 16 heavy (non-hydrogen) atoms. The van der Waals surface area contributed by atoms with Crippen molar-refractivity contribution in [3.63, 3.8) is 0 Å². The third kappa shape index (κ3) is 1.90. The minimum Gasteiger partial charge on any atom is -0.399 e. The summed E-state index contributed by atoms with van der Waals surface area (Å²) in [5.41, 5.74) is 8.49. The number of hydrogen-bond donors (Lipinski definition) is 2. The van der Waals surface area contributed by atoms with Crippen LogP contribution in [0.2, 0.25) is 0 Å². The molecule has 3 nitrogen and oxygen atoms in total. The van der Waals surface area contributed by atoms with Crippen molar-refractivity contribution in [2.45, 2.75) is 37.6 Å². The summed E-state index contributed by atoms with van der Waals surface area (Å²) in [6, 6.07) is 6.05. The molecule has 1 aromatic carbocycles. The fraction of sp³-hybridized carbons (Fsp3) is 0.462. The van der Waals surface area contributed by atoms with Crippen LogP contribution in [0.25, 0.3) is 0 Å². The van der Waals surface area contributed by atoms with Gasteiger partial charge < -0.3 is 11.1 Å². The third-order valence-corrected chi connectivity index (χ3v) is 3.25. The lowest BCUT2D eigenvalue weighted by Gasteiger charge is -2.09. The summed E-state index contributed by atoms with van der Waals surface area (Å²) >= 11 is 0. The van der Waals surface area contributed by atoms with Crippen LogP contribution in [0.1, 0.15) is 47.5 Å². The highest BCUT2D eigenvalue weighted by Gasteiger charge is 2.30. The van der Waals surface area contributed by atoms with Crippen LogP contribution < -0.4 is 11.1 Å². The predicted octanol–water partition coefficient (Wildman–Crippen LogP) is 2.04. The van der Waals surface area contributed by atoms with Gasteiger partial charge in [-0.1, -0.05) is 0 Å². The average molecular weight is 216 g/mol. The molecule has 2 aliphatic rings. The quantitative estimate of drug-likeness (QED) is 0.760. The zero-order valence-electron chi connectivity index (χ0n) is 9.20. The summed E-state index contributed by atoms with van der Waals surface area (Å²) in [6.45, 7) is 0. The number of nitrogen functional groups attached to an aromatic ring is 1. The summed E-state index contributed by atoms with van der Waals surface area (Å²) in [5.74, 6) is 0.632. The Hall–Kier alpha value is -1.51. The van der Waals surface area contributed by atoms with Crippen LogP contribution in [-0.4, -0.2) is 11.9 Å². The summed E-state index contributed by atoms with van der Waals surface area (Å²) in [7, 11) is 0. The number of hydrogen-bond acceptors (Lipinski definition) is 2. The molecule has 0 aliphatic heterocycles. The van der Waals surface area contributed by atoms with E-state index in [1.807, 2.05) is 18.2 Å². The first-order valence-corrected chi connectivity index (χ1v) is 5.94. The number of carbonyl (C=O) groups is 1. The highest BCUT2D eigenvalue weighted by molar-refractivity contribution is 5.96. The molecule has 3 rings (SSSR count). The Labute approximate surface area is 95.0 Å². The Kier molecular flexibility index (Phi) is 2.13. The second kappa shape index (κ2) is 3.51. The molecule has 0 spiro atoms. The standard InChI is InChI=1S/C13H16N2O/c14-9-3-6-11(12(7-9)8-1-2-8)13(16)15-10-4-5-10/h3,6-8,10H,1-2,4-5,14H2,(H,15,16). The zero-order chi connectivity index (χ0) is 11.1. The van der Waals surface area contributed by atoms with Gasteiger partial charge in [0.15, 0.2) is 0 Å². The van der Waals surface area contributed by atoms with Crippen molar-refractivity contribution in [1.29, 1.82) is 0 Å². The number of amides is 1. The second-order valence-electron chi connectivity index (χ2n) is 4.87. The van der Waals surface area contributed by atoms with Gasteiger partial charge in [-0.25, -0.2) is 0 Å². The van der Waals surface area contributed by atoms with E-state index in [1.165, 1.54) is 12.8 Å². The Morgan fingerprint density at radius 3 is 2.62 bits per heavy atom. The number of nitrogens with two attached hydrogens (primary N) is 1. The maximum atomic E-state index is 12.0. The molecule has 0 heterocycles. The van der Waals surface area contributed by atoms with E-state index in [4.69, 9.17) is 5.73 Å². The van der Waals surface area contributed by atoms with Crippen molar-refractivity contribution in [3.8, 4) is 0 Å². The van der Waals surface area contributed by atoms with E-state index in [1.54, 1.807) is 0 Å². The van der Waals surface area contributed by atoms with Crippen molar-refractivity contribution >= 4 is 11.6 Å². The van der Waals surface area contributed by atoms with E-state index in [0.717, 1.165) is 29.7 Å². The van der Waals surface area contributed by atoms with E-state index in [-0.39, 0.29) is 5.91 Å². The molecule has 0 saturated heterocycles. The molecule has 0 aromatic heterocycles. The lowest BCUT2D eigenvalue weighted by Crippen LogP contribution is -2.26. The van der Waals surface area contributed by atoms with Crippen LogP contribution in [0.15, 0.2) is 18.2 Å². The summed E-state index contributed by atoms with van der Waals surface area (Å²) in [6.07, 6.45) is 4.62. The summed E-state index contributed by atoms with van der Waals surface area (Å²) < 4.78 is 0. The predicted molar refractivity (Wildman–Crippen MR) is 63.3 cm³/mol. The lowest BCUT2D eigenvalue weighted by molar-refractivity contribution is 0.0950. The van der Waals surface area contributed by atoms with E-state index >= 15 is 0 Å². The van der Waals surface area contributed by atoms with Gasteiger partial charge in [0, 0.05) is 17.3 Å². The van der Waals surface area contributed by atoms with Crippen molar-refractivity contribution < 1.29 is 4.79 Å². The molecule has 2 aliphatic carbocycles. The maximum Gasteiger partial charge on any atom is 0.251 e. The van der Waals surface area contributed by atoms with E-state index < -0.39 is 0 Å². The topological polar surface area (TPSA) is 55.1 Å². The number of anilines is 1. The zero-order valence-corrected chi connectivity index (χ0v) is 9.20. The molecule has 0 bridgehead atoms. The fourth-order valence-corrected chi connectivity index (χ4v) is 2.01. The average Bonchev–Trinajstić information content (AvgIpc) is 3.12. The van der Waals surface area contributed by atoms with Crippen LogP contribution in [0.5, 0.6) is 0 Å². The number of rotatable bonds is 3. The fourth-order valence-electron chi connectivity index (χ4n) is 2.01. The first-order valence-electron chi connectivity index (χ1n) is 5.94. The smallest absolute Gasteiger partial charge is 0.251 e. The van der Waals surface area contributed by atoms with Gasteiger partial charge in [0.1, 0.15) is 0 Å². The number of carbonyl (C=O) groups excluding carboxylic acids is 1. The molecule has 0 atom stereocenters. The minimum atomic E-state index is 0.0735. The number of benzene rings is 1. The van der Waals surface area contributed by atoms with Gasteiger partial charge in [0.2, 0.25) is 0 Å². The lowest BCUT2D eigenvalue weighted by atomic mass is 10.0. The van der Waals surface area contributed by atoms with Gasteiger partial charge in [-0.15, -0.1) is 0 Å². The molecule has 1 amide bonds. The van der Waals surface area contributed by atoms with Gasteiger partial charge >= 0.3 is 0 Å². The highest BCUT2D eigenvalue weighted by Crippen LogP contribution is 2.42. The van der Waals surface area contributed by atoms with Crippen LogP contribution in [0, 0.1) is 0 Å². The Bertz CT molecular complexity index is 434. The maximum absolute atomic E-state index is 12.0. The molecule has 0 unspecified atom stereocenters. The van der Waals surface area contributed by atoms with E-state index in [9.17, 15) is 4.79 Å². The van der Waals surface area contributed by atoms with Crippen LogP contribution in [-0.2, 0) is 0 Å². The van der Waals surface area contributed by atoms with Crippen molar-refractivity contribution in [3.05, 3.63) is 29.3 Å². The van der Waals surface area contributed by atoms with Gasteiger partial charge in [-0.2, -0.15) is 0 Å². The molecule has 2 saturated carbocycles. The van der Waals surface area contributed by atoms with Crippen molar-refractivity contribution in [1.82, 2.24) is 5.32 Å². The molecular weight excluding hydrogens is 200 g/mol. The Balaban J connectivity index is 1.88. The summed E-state index contributed by atoms with van der Waals surface area (Å²) in [4.78, 5) is 12.0. The first kappa shape index (κ1) is 9.70. The highest BCUT2D eigenvalue weighted by atomic mass is 16.1. The van der Waals surface area contributed by atoms with Crippen molar-refractivity contribution in [2.75, 3.05) is 5.73 Å². The van der Waals surface area contributed by atoms with E-state index in [0.29, 0.717) is 12.0 Å². The van der Waals surface area contributed by atoms with Crippen molar-refractivity contribution in [2.24, 2.45) is 0 Å². The molecule has 3 heteroatoms. The summed E-state index contributed by atoms with van der Waals surface area (Å²) in [5, 5.41) is 3.03. The van der Waals surface area contributed by atoms with Gasteiger partial charge in [0.05, 0.1) is 0 Å². The molecule has 3 N–H and O–H groups in total. The molecule has 84 valence electrons. The Morgan fingerprint density at radius 2 is 2.00 bits per heavy atom. The van der Waals surface area contributed by atoms with Gasteiger partial charge in [0.25, 0.3) is 5.91 Å². The van der Waals surface area contributed by atoms with E-state index in [2.05, 4.69) is 5.32 Å². The monoisotopic (exact) mass is 216 g/mol. The van der Waals surface area contributed by atoms with Gasteiger partial charge in [-0.3, -0.25) is 4.79 Å². The Morgan fingerprint density at radius 1 is 1.25 bits per heavy atom. The largest absolute Gasteiger partial charge is 0.399 e. The minimum absolute atomic E-state index is 0.0735. The second-order valence-corrected chi connectivity index (χ2v) is 4.87. The SMILES string of the molecule is Nc1ccc(C(=O)NC2CC2)c(C2CC2)c1. The molecular formula is C13H16N2O. The molecule has 0 radical (unpaired) electrons. The molecule has 1 aromatic rings. The first-order chi connectivity index (χ1) is 7.74.